The van der Waals surface area contributed by atoms with Crippen LogP contribution < -0.4 is 5.32 Å². The first kappa shape index (κ1) is 22.5. The quantitative estimate of drug-likeness (QED) is 0.373. The first-order valence-corrected chi connectivity index (χ1v) is 13.6. The highest BCUT2D eigenvalue weighted by Gasteiger charge is 2.22. The van der Waals surface area contributed by atoms with Gasteiger partial charge < -0.3 is 19.7 Å². The molecule has 2 N–H and O–H groups in total. The molecule has 2 aromatic carbocycles. The minimum atomic E-state index is -1.27. The van der Waals surface area contributed by atoms with Crippen molar-refractivity contribution >= 4 is 36.5 Å². The molecule has 0 saturated carbocycles. The summed E-state index contributed by atoms with van der Waals surface area (Å²) in [5.41, 5.74) is 1.70. The molecule has 3 rings (SSSR count). The monoisotopic (exact) mass is 440 g/mol. The van der Waals surface area contributed by atoms with Gasteiger partial charge in [0, 0.05) is 20.4 Å². The molecule has 7 nitrogen and oxygen atoms in total. The van der Waals surface area contributed by atoms with Crippen LogP contribution in [0.4, 0.5) is 15.8 Å². The van der Waals surface area contributed by atoms with Crippen LogP contribution in [0.15, 0.2) is 30.6 Å². The number of aryl methyl sites for hydroxylation is 1. The molecule has 1 aromatic heterocycles. The normalized spacial score (nSPS) is 11.5. The van der Waals surface area contributed by atoms with Gasteiger partial charge >= 0.3 is 5.97 Å². The number of aromatic carboxylic acids is 1. The van der Waals surface area contributed by atoms with Crippen LogP contribution in [0.2, 0.25) is 25.7 Å². The van der Waals surface area contributed by atoms with E-state index in [1.165, 1.54) is 17.0 Å². The molecule has 9 heteroatoms. The number of carboxylic acids is 1. The zero-order chi connectivity index (χ0) is 22.8. The van der Waals surface area contributed by atoms with Crippen molar-refractivity contribution in [3.05, 3.63) is 53.1 Å². The lowest BCUT2D eigenvalue weighted by Gasteiger charge is -2.16. The van der Waals surface area contributed by atoms with E-state index >= 15 is 4.39 Å². The fourth-order valence-corrected chi connectivity index (χ4v) is 3.88. The number of anilines is 2. The standard InChI is InChI=1S/C22H25FN4O3Si/c1-14-9-15(11-24)5-6-17(14)26-20-16(22(28)29)10-18-21(19(20)23)27(12-25-18)13-30-7-8-31(2,3)4/h5-6,9-10,12,26H,7-8,13H2,1-4H3,(H,28,29). The summed E-state index contributed by atoms with van der Waals surface area (Å²) in [6.07, 6.45) is 1.45. The third-order valence-corrected chi connectivity index (χ3v) is 6.62. The summed E-state index contributed by atoms with van der Waals surface area (Å²) >= 11 is 0. The summed E-state index contributed by atoms with van der Waals surface area (Å²) in [6.45, 7) is 9.20. The molecular formula is C22H25FN4O3Si. The van der Waals surface area contributed by atoms with E-state index in [2.05, 4.69) is 29.9 Å². The second-order valence-electron chi connectivity index (χ2n) is 8.61. The van der Waals surface area contributed by atoms with Crippen molar-refractivity contribution in [2.45, 2.75) is 39.3 Å². The second-order valence-corrected chi connectivity index (χ2v) is 14.2. The maximum atomic E-state index is 15.6. The Balaban J connectivity index is 1.98. The molecule has 0 fully saturated rings. The van der Waals surface area contributed by atoms with Gasteiger partial charge in [0.05, 0.1) is 34.7 Å². The van der Waals surface area contributed by atoms with Crippen LogP contribution in [-0.2, 0) is 11.5 Å². The molecule has 0 atom stereocenters. The summed E-state index contributed by atoms with van der Waals surface area (Å²) in [6, 6.07) is 9.23. The molecule has 0 aliphatic carbocycles. The number of hydrogen-bond donors (Lipinski definition) is 2. The van der Waals surface area contributed by atoms with Crippen molar-refractivity contribution in [1.82, 2.24) is 9.55 Å². The summed E-state index contributed by atoms with van der Waals surface area (Å²) in [7, 11) is -1.25. The van der Waals surface area contributed by atoms with Crippen molar-refractivity contribution in [3.63, 3.8) is 0 Å². The van der Waals surface area contributed by atoms with Crippen molar-refractivity contribution in [3.8, 4) is 6.07 Å². The van der Waals surface area contributed by atoms with E-state index < -0.39 is 19.9 Å². The lowest BCUT2D eigenvalue weighted by atomic mass is 10.1. The van der Waals surface area contributed by atoms with Gasteiger partial charge in [-0.25, -0.2) is 14.2 Å². The molecule has 1 heterocycles. The summed E-state index contributed by atoms with van der Waals surface area (Å²) in [4.78, 5) is 16.0. The van der Waals surface area contributed by atoms with E-state index in [9.17, 15) is 9.90 Å². The van der Waals surface area contributed by atoms with Gasteiger partial charge in [0.2, 0.25) is 0 Å². The van der Waals surface area contributed by atoms with Gasteiger partial charge in [0.15, 0.2) is 5.82 Å². The van der Waals surface area contributed by atoms with Crippen LogP contribution in [0, 0.1) is 24.1 Å². The van der Waals surface area contributed by atoms with Crippen molar-refractivity contribution in [2.75, 3.05) is 11.9 Å². The van der Waals surface area contributed by atoms with E-state index in [4.69, 9.17) is 10.00 Å². The predicted octanol–water partition coefficient (Wildman–Crippen LogP) is 5.11. The van der Waals surface area contributed by atoms with Crippen LogP contribution in [0.5, 0.6) is 0 Å². The zero-order valence-electron chi connectivity index (χ0n) is 18.0. The Morgan fingerprint density at radius 1 is 1.35 bits per heavy atom. The Hall–Kier alpha value is -3.22. The van der Waals surface area contributed by atoms with Crippen LogP contribution in [0.1, 0.15) is 21.5 Å². The molecule has 0 bridgehead atoms. The Bertz CT molecular complexity index is 1180. The number of aromatic nitrogens is 2. The number of fused-ring (bicyclic) bond motifs is 1. The molecule has 0 radical (unpaired) electrons. The highest BCUT2D eigenvalue weighted by Crippen LogP contribution is 2.32. The molecule has 0 saturated heterocycles. The highest BCUT2D eigenvalue weighted by molar-refractivity contribution is 6.76. The minimum Gasteiger partial charge on any atom is -0.478 e. The molecule has 162 valence electrons. The number of carboxylic acid groups (broad SMARTS) is 1. The number of nitriles is 1. The fourth-order valence-electron chi connectivity index (χ4n) is 3.13. The minimum absolute atomic E-state index is 0.125. The molecule has 0 aliphatic rings. The Kier molecular flexibility index (Phi) is 6.43. The average molecular weight is 441 g/mol. The number of imidazole rings is 1. The van der Waals surface area contributed by atoms with Gasteiger partial charge in [0.25, 0.3) is 0 Å². The Labute approximate surface area is 181 Å². The average Bonchev–Trinajstić information content (AvgIpc) is 3.10. The number of ether oxygens (including phenoxy) is 1. The topological polar surface area (TPSA) is 100 Å². The third kappa shape index (κ3) is 5.10. The number of nitrogens with zero attached hydrogens (tertiary/aromatic N) is 3. The number of benzene rings is 2. The smallest absolute Gasteiger partial charge is 0.338 e. The van der Waals surface area contributed by atoms with Crippen LogP contribution in [-0.4, -0.2) is 35.3 Å². The first-order valence-electron chi connectivity index (χ1n) is 9.87. The third-order valence-electron chi connectivity index (χ3n) is 4.92. The molecule has 0 spiro atoms. The van der Waals surface area contributed by atoms with E-state index in [0.717, 1.165) is 6.04 Å². The zero-order valence-corrected chi connectivity index (χ0v) is 19.0. The largest absolute Gasteiger partial charge is 0.478 e. The van der Waals surface area contributed by atoms with Crippen LogP contribution >= 0.6 is 0 Å². The van der Waals surface area contributed by atoms with Gasteiger partial charge in [-0.1, -0.05) is 19.6 Å². The van der Waals surface area contributed by atoms with Gasteiger partial charge in [-0.3, -0.25) is 0 Å². The maximum absolute atomic E-state index is 15.6. The van der Waals surface area contributed by atoms with Crippen LogP contribution in [0.3, 0.4) is 0 Å². The van der Waals surface area contributed by atoms with E-state index in [0.29, 0.717) is 23.4 Å². The van der Waals surface area contributed by atoms with Crippen molar-refractivity contribution < 1.29 is 19.0 Å². The molecule has 0 unspecified atom stereocenters. The van der Waals surface area contributed by atoms with Gasteiger partial charge in [-0.15, -0.1) is 0 Å². The second kappa shape index (κ2) is 8.87. The molecular weight excluding hydrogens is 415 g/mol. The van der Waals surface area contributed by atoms with Crippen molar-refractivity contribution in [2.24, 2.45) is 0 Å². The number of carbonyl (C=O) groups is 1. The lowest BCUT2D eigenvalue weighted by Crippen LogP contribution is -2.22. The number of hydrogen-bond acceptors (Lipinski definition) is 5. The van der Waals surface area contributed by atoms with Gasteiger partial charge in [-0.2, -0.15) is 5.26 Å². The number of halogens is 1. The Morgan fingerprint density at radius 2 is 2.10 bits per heavy atom. The van der Waals surface area contributed by atoms with Crippen LogP contribution in [0.25, 0.3) is 11.0 Å². The summed E-state index contributed by atoms with van der Waals surface area (Å²) < 4.78 is 22.8. The van der Waals surface area contributed by atoms with E-state index in [1.54, 1.807) is 25.1 Å². The fraction of sp³-hybridized carbons (Fsp3) is 0.318. The Morgan fingerprint density at radius 3 is 2.71 bits per heavy atom. The summed E-state index contributed by atoms with van der Waals surface area (Å²) in [5.74, 6) is -1.99. The highest BCUT2D eigenvalue weighted by atomic mass is 28.3. The molecule has 31 heavy (non-hydrogen) atoms. The maximum Gasteiger partial charge on any atom is 0.338 e. The lowest BCUT2D eigenvalue weighted by molar-refractivity contribution is 0.0697. The van der Waals surface area contributed by atoms with E-state index in [-0.39, 0.29) is 29.0 Å². The predicted molar refractivity (Wildman–Crippen MR) is 120 cm³/mol. The van der Waals surface area contributed by atoms with Gasteiger partial charge in [-0.05, 0) is 42.8 Å². The molecule has 0 amide bonds. The van der Waals surface area contributed by atoms with Crippen molar-refractivity contribution in [1.29, 1.82) is 5.26 Å². The van der Waals surface area contributed by atoms with E-state index in [1.807, 2.05) is 6.07 Å². The SMILES string of the molecule is Cc1cc(C#N)ccc1Nc1c(C(=O)O)cc2ncn(COCC[Si](C)(C)C)c2c1F. The number of nitrogens with one attached hydrogen (secondary N) is 1. The molecule has 3 aromatic rings. The van der Waals surface area contributed by atoms with Gasteiger partial charge in [0.1, 0.15) is 12.2 Å². The molecule has 0 aliphatic heterocycles. The summed E-state index contributed by atoms with van der Waals surface area (Å²) in [5, 5.41) is 21.6. The number of rotatable bonds is 8. The first-order chi connectivity index (χ1) is 14.6.